The smallest absolute Gasteiger partial charge is 0.287 e. The van der Waals surface area contributed by atoms with Crippen LogP contribution in [-0.4, -0.2) is 45.1 Å². The first-order valence-electron chi connectivity index (χ1n) is 6.28. The number of sulfonamides is 1. The van der Waals surface area contributed by atoms with Gasteiger partial charge >= 0.3 is 0 Å². The van der Waals surface area contributed by atoms with E-state index in [1.807, 2.05) is 20.8 Å². The molecule has 116 valence electrons. The summed E-state index contributed by atoms with van der Waals surface area (Å²) in [7, 11) is -0.830. The molecule has 0 aliphatic heterocycles. The minimum atomic E-state index is -4.08. The zero-order chi connectivity index (χ0) is 16.4. The molecule has 0 bridgehead atoms. The SMILES string of the molecule is CN(C)/C=N/S(=O)(=O)c1cc(C(C)(C)C)cc(C=O)c1O. The summed E-state index contributed by atoms with van der Waals surface area (Å²) in [6.07, 6.45) is 1.55. The lowest BCUT2D eigenvalue weighted by Gasteiger charge is -2.20. The predicted octanol–water partition coefficient (Wildman–Crippen LogP) is 1.78. The fraction of sp³-hybridized carbons (Fsp3) is 0.429. The molecular formula is C14H20N2O4S. The van der Waals surface area contributed by atoms with Crippen LogP contribution in [0.2, 0.25) is 0 Å². The minimum absolute atomic E-state index is 0.0685. The zero-order valence-electron chi connectivity index (χ0n) is 12.8. The second-order valence-electron chi connectivity index (χ2n) is 5.94. The summed E-state index contributed by atoms with van der Waals surface area (Å²) < 4.78 is 27.9. The van der Waals surface area contributed by atoms with Crippen molar-refractivity contribution >= 4 is 22.6 Å². The highest BCUT2D eigenvalue weighted by molar-refractivity contribution is 7.90. The molecular weight excluding hydrogens is 292 g/mol. The van der Waals surface area contributed by atoms with Crippen LogP contribution in [0.5, 0.6) is 5.75 Å². The van der Waals surface area contributed by atoms with Gasteiger partial charge in [-0.1, -0.05) is 20.8 Å². The fourth-order valence-corrected chi connectivity index (χ4v) is 2.63. The van der Waals surface area contributed by atoms with Crippen molar-refractivity contribution in [3.8, 4) is 5.75 Å². The van der Waals surface area contributed by atoms with Gasteiger partial charge in [0.15, 0.2) is 6.29 Å². The molecule has 7 heteroatoms. The Morgan fingerprint density at radius 3 is 2.24 bits per heavy atom. The van der Waals surface area contributed by atoms with Gasteiger partial charge in [-0.25, -0.2) is 0 Å². The molecule has 0 aliphatic carbocycles. The molecule has 1 aromatic carbocycles. The summed E-state index contributed by atoms with van der Waals surface area (Å²) in [6, 6.07) is 2.84. The molecule has 0 saturated carbocycles. The van der Waals surface area contributed by atoms with Crippen LogP contribution >= 0.6 is 0 Å². The van der Waals surface area contributed by atoms with E-state index in [4.69, 9.17) is 0 Å². The summed E-state index contributed by atoms with van der Waals surface area (Å²) >= 11 is 0. The van der Waals surface area contributed by atoms with Gasteiger partial charge in [-0.05, 0) is 23.1 Å². The number of carbonyl (C=O) groups is 1. The number of phenols is 1. The van der Waals surface area contributed by atoms with Crippen LogP contribution in [-0.2, 0) is 15.4 Å². The summed E-state index contributed by atoms with van der Waals surface area (Å²) in [5, 5.41) is 9.98. The lowest BCUT2D eigenvalue weighted by Crippen LogP contribution is -2.14. The van der Waals surface area contributed by atoms with Crippen LogP contribution in [0.3, 0.4) is 0 Å². The normalized spacial score (nSPS) is 12.6. The number of aldehydes is 1. The maximum atomic E-state index is 12.2. The Hall–Kier alpha value is -1.89. The number of phenolic OH excluding ortho intramolecular Hbond substituents is 1. The van der Waals surface area contributed by atoms with E-state index in [-0.39, 0.29) is 15.9 Å². The van der Waals surface area contributed by atoms with Crippen molar-refractivity contribution in [2.75, 3.05) is 14.1 Å². The van der Waals surface area contributed by atoms with Crippen molar-refractivity contribution in [3.05, 3.63) is 23.3 Å². The van der Waals surface area contributed by atoms with Crippen molar-refractivity contribution in [1.29, 1.82) is 0 Å². The van der Waals surface area contributed by atoms with Gasteiger partial charge in [0.25, 0.3) is 10.0 Å². The Labute approximate surface area is 125 Å². The van der Waals surface area contributed by atoms with Crippen LogP contribution in [0.25, 0.3) is 0 Å². The zero-order valence-corrected chi connectivity index (χ0v) is 13.6. The maximum Gasteiger partial charge on any atom is 0.287 e. The first kappa shape index (κ1) is 17.2. The number of nitrogens with zero attached hydrogens (tertiary/aromatic N) is 2. The van der Waals surface area contributed by atoms with E-state index < -0.39 is 15.8 Å². The molecule has 0 aromatic heterocycles. The molecule has 1 aromatic rings. The van der Waals surface area contributed by atoms with Crippen molar-refractivity contribution in [2.24, 2.45) is 4.40 Å². The van der Waals surface area contributed by atoms with Crippen LogP contribution in [0.15, 0.2) is 21.4 Å². The largest absolute Gasteiger partial charge is 0.506 e. The number of rotatable bonds is 4. The highest BCUT2D eigenvalue weighted by Gasteiger charge is 2.25. The topological polar surface area (TPSA) is 87.0 Å². The van der Waals surface area contributed by atoms with Gasteiger partial charge in [-0.15, -0.1) is 4.40 Å². The average Bonchev–Trinajstić information content (AvgIpc) is 2.35. The number of hydrogen-bond acceptors (Lipinski definition) is 4. The second kappa shape index (κ2) is 5.85. The van der Waals surface area contributed by atoms with Gasteiger partial charge < -0.3 is 10.0 Å². The Balaban J connectivity index is 3.59. The lowest BCUT2D eigenvalue weighted by molar-refractivity contribution is 0.112. The predicted molar refractivity (Wildman–Crippen MR) is 81.6 cm³/mol. The third-order valence-electron chi connectivity index (χ3n) is 2.79. The number of hydrogen-bond donors (Lipinski definition) is 1. The van der Waals surface area contributed by atoms with Crippen molar-refractivity contribution in [2.45, 2.75) is 31.1 Å². The molecule has 0 atom stereocenters. The maximum absolute atomic E-state index is 12.2. The van der Waals surface area contributed by atoms with E-state index in [1.54, 1.807) is 14.1 Å². The molecule has 0 heterocycles. The van der Waals surface area contributed by atoms with Crippen molar-refractivity contribution < 1.29 is 18.3 Å². The molecule has 21 heavy (non-hydrogen) atoms. The first-order chi connectivity index (χ1) is 9.49. The van der Waals surface area contributed by atoms with Gasteiger partial charge in [0.2, 0.25) is 0 Å². The molecule has 0 spiro atoms. The molecule has 6 nitrogen and oxygen atoms in total. The van der Waals surface area contributed by atoms with Crippen molar-refractivity contribution in [1.82, 2.24) is 4.90 Å². The molecule has 0 fully saturated rings. The summed E-state index contributed by atoms with van der Waals surface area (Å²) in [6.45, 7) is 5.65. The highest BCUT2D eigenvalue weighted by atomic mass is 32.2. The Morgan fingerprint density at radius 1 is 1.24 bits per heavy atom. The Kier molecular flexibility index (Phi) is 4.78. The lowest BCUT2D eigenvalue weighted by atomic mass is 9.86. The van der Waals surface area contributed by atoms with E-state index in [1.165, 1.54) is 17.0 Å². The van der Waals surface area contributed by atoms with E-state index >= 15 is 0 Å². The molecule has 0 unspecified atom stereocenters. The first-order valence-corrected chi connectivity index (χ1v) is 7.72. The van der Waals surface area contributed by atoms with Gasteiger partial charge in [0.1, 0.15) is 17.0 Å². The van der Waals surface area contributed by atoms with Gasteiger partial charge in [-0.2, -0.15) is 8.42 Å². The average molecular weight is 312 g/mol. The van der Waals surface area contributed by atoms with Gasteiger partial charge in [-0.3, -0.25) is 4.79 Å². The summed E-state index contributed by atoms with van der Waals surface area (Å²) in [5.41, 5.74) is 0.183. The molecule has 0 saturated heterocycles. The minimum Gasteiger partial charge on any atom is -0.506 e. The summed E-state index contributed by atoms with van der Waals surface area (Å²) in [5.74, 6) is -0.575. The van der Waals surface area contributed by atoms with E-state index in [2.05, 4.69) is 4.40 Å². The second-order valence-corrected chi connectivity index (χ2v) is 7.54. The number of carbonyl (C=O) groups excluding carboxylic acids is 1. The Morgan fingerprint density at radius 2 is 1.81 bits per heavy atom. The van der Waals surface area contributed by atoms with Crippen LogP contribution in [0.4, 0.5) is 0 Å². The Bertz CT molecular complexity index is 671. The summed E-state index contributed by atoms with van der Waals surface area (Å²) in [4.78, 5) is 12.1. The molecule has 0 radical (unpaired) electrons. The molecule has 0 amide bonds. The highest BCUT2D eigenvalue weighted by Crippen LogP contribution is 2.33. The van der Waals surface area contributed by atoms with Gasteiger partial charge in [0, 0.05) is 14.1 Å². The number of aromatic hydroxyl groups is 1. The molecule has 1 rings (SSSR count). The third kappa shape index (κ3) is 4.04. The van der Waals surface area contributed by atoms with Crippen LogP contribution in [0.1, 0.15) is 36.7 Å². The van der Waals surface area contributed by atoms with E-state index in [0.29, 0.717) is 11.8 Å². The van der Waals surface area contributed by atoms with E-state index in [9.17, 15) is 18.3 Å². The standard InChI is InChI=1S/C14H20N2O4S/c1-14(2,3)11-6-10(8-17)13(18)12(7-11)21(19,20)15-9-16(4)5/h6-9,18H,1-5H3/b15-9+. The number of benzene rings is 1. The van der Waals surface area contributed by atoms with Crippen molar-refractivity contribution in [3.63, 3.8) is 0 Å². The van der Waals surface area contributed by atoms with Crippen LogP contribution < -0.4 is 0 Å². The van der Waals surface area contributed by atoms with E-state index in [0.717, 1.165) is 6.34 Å². The molecule has 0 aliphatic rings. The molecule has 1 N–H and O–H groups in total. The monoisotopic (exact) mass is 312 g/mol. The van der Waals surface area contributed by atoms with Crippen LogP contribution in [0, 0.1) is 0 Å². The third-order valence-corrected chi connectivity index (χ3v) is 4.03. The van der Waals surface area contributed by atoms with Gasteiger partial charge in [0.05, 0.1) is 5.56 Å². The fourth-order valence-electron chi connectivity index (χ4n) is 1.56. The quantitative estimate of drug-likeness (QED) is 0.520.